The van der Waals surface area contributed by atoms with E-state index in [4.69, 9.17) is 9.47 Å². The quantitative estimate of drug-likeness (QED) is 0.110. The van der Waals surface area contributed by atoms with Gasteiger partial charge in [0.2, 0.25) is 0 Å². The van der Waals surface area contributed by atoms with Crippen molar-refractivity contribution in [1.82, 2.24) is 4.90 Å². The van der Waals surface area contributed by atoms with Crippen LogP contribution in [0.5, 0.6) is 5.75 Å². The molecule has 48 heavy (non-hydrogen) atoms. The largest absolute Gasteiger partial charge is 0.497 e. The van der Waals surface area contributed by atoms with E-state index in [1.807, 2.05) is 18.2 Å². The first kappa shape index (κ1) is 38.2. The van der Waals surface area contributed by atoms with Crippen LogP contribution in [0, 0.1) is 23.7 Å². The van der Waals surface area contributed by atoms with E-state index in [9.17, 15) is 14.4 Å². The molecule has 264 valence electrons. The number of methoxy groups -OCH3 is 1. The highest BCUT2D eigenvalue weighted by atomic mass is 32.1. The van der Waals surface area contributed by atoms with Crippen molar-refractivity contribution in [3.05, 3.63) is 63.9 Å². The van der Waals surface area contributed by atoms with E-state index in [0.29, 0.717) is 50.0 Å². The van der Waals surface area contributed by atoms with Crippen molar-refractivity contribution in [2.45, 2.75) is 104 Å². The molecule has 4 atom stereocenters. The van der Waals surface area contributed by atoms with E-state index >= 15 is 0 Å². The molecule has 1 saturated heterocycles. The van der Waals surface area contributed by atoms with Crippen LogP contribution >= 0.6 is 11.3 Å². The number of aryl methyl sites for hydroxylation is 1. The van der Waals surface area contributed by atoms with E-state index in [1.165, 1.54) is 16.9 Å². The van der Waals surface area contributed by atoms with Gasteiger partial charge in [-0.3, -0.25) is 19.3 Å². The Hall–Kier alpha value is -2.61. The average molecular weight is 678 g/mol. The molecular formula is C41H59NO5S. The minimum absolute atomic E-state index is 0.0956. The third-order valence-electron chi connectivity index (χ3n) is 10.2. The molecule has 2 aromatic rings. The second-order valence-corrected chi connectivity index (χ2v) is 15.3. The molecule has 6 nitrogen and oxygen atoms in total. The van der Waals surface area contributed by atoms with Crippen molar-refractivity contribution in [3.63, 3.8) is 0 Å². The van der Waals surface area contributed by atoms with Crippen LogP contribution in [-0.4, -0.2) is 62.2 Å². The molecule has 1 aromatic carbocycles. The maximum absolute atomic E-state index is 13.8. The number of thiophene rings is 1. The zero-order valence-corrected chi connectivity index (χ0v) is 30.6. The van der Waals surface area contributed by atoms with Crippen LogP contribution in [0.25, 0.3) is 0 Å². The summed E-state index contributed by atoms with van der Waals surface area (Å²) in [6.07, 6.45) is 14.3. The van der Waals surface area contributed by atoms with Crippen LogP contribution in [0.3, 0.4) is 0 Å². The molecule has 0 bridgehead atoms. The number of hydrogen-bond acceptors (Lipinski definition) is 7. The molecule has 0 spiro atoms. The van der Waals surface area contributed by atoms with Crippen molar-refractivity contribution in [2.75, 3.05) is 40.0 Å². The maximum Gasteiger partial charge on any atom is 0.158 e. The van der Waals surface area contributed by atoms with Crippen LogP contribution in [0.2, 0.25) is 0 Å². The summed E-state index contributed by atoms with van der Waals surface area (Å²) in [5.41, 5.74) is 2.04. The summed E-state index contributed by atoms with van der Waals surface area (Å²) in [5.74, 6) is 3.03. The van der Waals surface area contributed by atoms with Gasteiger partial charge in [-0.05, 0) is 110 Å². The Morgan fingerprint density at radius 2 is 1.90 bits per heavy atom. The SMILES string of the molecule is CCC1CC1C(=O)CC=C(CCCC1CCCOCC1)C(=O)CC(C)CN(CCc1ccc(OC)cc1)CC(=O)CCCc1cccs1. The highest BCUT2D eigenvalue weighted by Gasteiger charge is 2.40. The summed E-state index contributed by atoms with van der Waals surface area (Å²) in [4.78, 5) is 43.4. The number of Topliss-reactive ketones (excluding diaryl/α,β-unsaturated/α-hetero) is 3. The second-order valence-electron chi connectivity index (χ2n) is 14.2. The minimum Gasteiger partial charge on any atom is -0.497 e. The number of carbonyl (C=O) groups is 3. The van der Waals surface area contributed by atoms with Crippen LogP contribution in [-0.2, 0) is 32.0 Å². The number of ether oxygens (including phenoxy) is 2. The van der Waals surface area contributed by atoms with Gasteiger partial charge in [0.05, 0.1) is 13.7 Å². The van der Waals surface area contributed by atoms with Gasteiger partial charge in [0.15, 0.2) is 5.78 Å². The molecule has 1 saturated carbocycles. The van der Waals surface area contributed by atoms with Crippen molar-refractivity contribution < 1.29 is 23.9 Å². The third-order valence-corrected chi connectivity index (χ3v) is 11.2. The fourth-order valence-electron chi connectivity index (χ4n) is 7.17. The van der Waals surface area contributed by atoms with Crippen molar-refractivity contribution in [3.8, 4) is 5.75 Å². The molecule has 0 amide bonds. The lowest BCUT2D eigenvalue weighted by atomic mass is 9.90. The molecule has 4 unspecified atom stereocenters. The summed E-state index contributed by atoms with van der Waals surface area (Å²) in [7, 11) is 1.67. The van der Waals surface area contributed by atoms with Crippen LogP contribution in [0.15, 0.2) is 53.4 Å². The molecule has 2 heterocycles. The molecule has 0 N–H and O–H groups in total. The van der Waals surface area contributed by atoms with Crippen molar-refractivity contribution >= 4 is 28.7 Å². The highest BCUT2D eigenvalue weighted by Crippen LogP contribution is 2.42. The first-order valence-corrected chi connectivity index (χ1v) is 19.4. The van der Waals surface area contributed by atoms with Gasteiger partial charge < -0.3 is 9.47 Å². The molecule has 7 heteroatoms. The zero-order chi connectivity index (χ0) is 34.1. The third kappa shape index (κ3) is 13.7. The standard InChI is InChI=1S/C41H59NO5S/c1-4-34-28-39(34)40(44)20-17-35(11-5-9-32-10-7-24-47-25-22-32)41(45)27-31(2)29-42(23-21-33-15-18-37(46-3)19-16-33)30-36(43)12-6-13-38-14-8-26-48-38/h8,14-19,26,31-32,34,39H,4-7,9-13,20-25,27-30H2,1-3H3. The molecule has 4 rings (SSSR count). The molecule has 1 aliphatic heterocycles. The summed E-state index contributed by atoms with van der Waals surface area (Å²) in [5, 5.41) is 2.08. The molecule has 1 aromatic heterocycles. The van der Waals surface area contributed by atoms with E-state index in [1.54, 1.807) is 18.4 Å². The fraction of sp³-hybridized carbons (Fsp3) is 0.634. The Labute approximate surface area is 293 Å². The summed E-state index contributed by atoms with van der Waals surface area (Å²) < 4.78 is 11.0. The van der Waals surface area contributed by atoms with Gasteiger partial charge >= 0.3 is 0 Å². The highest BCUT2D eigenvalue weighted by molar-refractivity contribution is 7.09. The zero-order valence-electron chi connectivity index (χ0n) is 29.8. The molecule has 2 fully saturated rings. The normalized spacial score (nSPS) is 20.3. The topological polar surface area (TPSA) is 72.9 Å². The first-order valence-electron chi connectivity index (χ1n) is 18.6. The van der Waals surface area contributed by atoms with Gasteiger partial charge in [-0.15, -0.1) is 11.3 Å². The van der Waals surface area contributed by atoms with Crippen LogP contribution in [0.4, 0.5) is 0 Å². The smallest absolute Gasteiger partial charge is 0.158 e. The number of nitrogens with zero attached hydrogens (tertiary/aromatic N) is 1. The van der Waals surface area contributed by atoms with E-state index in [2.05, 4.69) is 48.4 Å². The van der Waals surface area contributed by atoms with Gasteiger partial charge in [-0.2, -0.15) is 0 Å². The van der Waals surface area contributed by atoms with Gasteiger partial charge in [-0.1, -0.05) is 51.0 Å². The fourth-order valence-corrected chi connectivity index (χ4v) is 7.93. The van der Waals surface area contributed by atoms with E-state index < -0.39 is 0 Å². The second kappa shape index (κ2) is 20.8. The Kier molecular flexibility index (Phi) is 16.6. The van der Waals surface area contributed by atoms with Gasteiger partial charge in [0.1, 0.15) is 17.3 Å². The predicted molar refractivity (Wildman–Crippen MR) is 196 cm³/mol. The predicted octanol–water partition coefficient (Wildman–Crippen LogP) is 8.71. The lowest BCUT2D eigenvalue weighted by Gasteiger charge is -2.25. The number of benzene rings is 1. The number of ketones is 3. The van der Waals surface area contributed by atoms with E-state index in [-0.39, 0.29) is 23.4 Å². The van der Waals surface area contributed by atoms with Crippen LogP contribution < -0.4 is 4.74 Å². The Morgan fingerprint density at radius 1 is 1.06 bits per heavy atom. The number of hydrogen-bond donors (Lipinski definition) is 0. The van der Waals surface area contributed by atoms with E-state index in [0.717, 1.165) is 95.3 Å². The van der Waals surface area contributed by atoms with Gasteiger partial charge in [0.25, 0.3) is 0 Å². The summed E-state index contributed by atoms with van der Waals surface area (Å²) >= 11 is 1.75. The Morgan fingerprint density at radius 3 is 2.62 bits per heavy atom. The van der Waals surface area contributed by atoms with Crippen molar-refractivity contribution in [2.24, 2.45) is 23.7 Å². The van der Waals surface area contributed by atoms with Crippen molar-refractivity contribution in [1.29, 1.82) is 0 Å². The average Bonchev–Trinajstić information content (AvgIpc) is 3.78. The minimum atomic E-state index is 0.0956. The lowest BCUT2D eigenvalue weighted by Crippen LogP contribution is -2.36. The Bertz CT molecular complexity index is 1280. The summed E-state index contributed by atoms with van der Waals surface area (Å²) in [6.45, 7) is 7.83. The number of rotatable bonds is 23. The lowest BCUT2D eigenvalue weighted by molar-refractivity contribution is -0.121. The Balaban J connectivity index is 1.34. The maximum atomic E-state index is 13.8. The van der Waals surface area contributed by atoms with Gasteiger partial charge in [0, 0.05) is 56.4 Å². The number of carbonyl (C=O) groups excluding carboxylic acids is 3. The molecule has 0 radical (unpaired) electrons. The molecule has 1 aliphatic carbocycles. The first-order chi connectivity index (χ1) is 23.3. The van der Waals surface area contributed by atoms with Crippen LogP contribution in [0.1, 0.15) is 101 Å². The monoisotopic (exact) mass is 677 g/mol. The number of allylic oxidation sites excluding steroid dienone is 2. The molecule has 2 aliphatic rings. The summed E-state index contributed by atoms with van der Waals surface area (Å²) in [6, 6.07) is 12.3. The van der Waals surface area contributed by atoms with Gasteiger partial charge in [-0.25, -0.2) is 0 Å². The molecular weight excluding hydrogens is 619 g/mol.